The molecule has 7 nitrogen and oxygen atoms in total. The summed E-state index contributed by atoms with van der Waals surface area (Å²) in [6.45, 7) is 4.01. The quantitative estimate of drug-likeness (QED) is 0.441. The second kappa shape index (κ2) is 13.6. The maximum absolute atomic E-state index is 13.9. The molecule has 0 spiro atoms. The van der Waals surface area contributed by atoms with Gasteiger partial charge in [-0.3, -0.25) is 14.9 Å². The van der Waals surface area contributed by atoms with E-state index in [0.29, 0.717) is 25.2 Å². The summed E-state index contributed by atoms with van der Waals surface area (Å²) in [7, 11) is 0. The van der Waals surface area contributed by atoms with Gasteiger partial charge in [-0.25, -0.2) is 4.79 Å². The van der Waals surface area contributed by atoms with Crippen LogP contribution >= 0.6 is 0 Å². The van der Waals surface area contributed by atoms with Crippen LogP contribution in [0, 0.1) is 5.92 Å². The fraction of sp³-hybridized carbons (Fsp3) is 0.516. The van der Waals surface area contributed by atoms with Gasteiger partial charge >= 0.3 is 11.9 Å². The summed E-state index contributed by atoms with van der Waals surface area (Å²) in [6, 6.07) is 17.7. The van der Waals surface area contributed by atoms with Crippen molar-refractivity contribution in [1.29, 1.82) is 0 Å². The number of likely N-dealkylation sites (tertiary alicyclic amines) is 1. The highest BCUT2D eigenvalue weighted by molar-refractivity contribution is 5.89. The van der Waals surface area contributed by atoms with Gasteiger partial charge in [-0.2, -0.15) is 0 Å². The number of ether oxygens (including phenoxy) is 2. The number of hydrogen-bond acceptors (Lipinski definition) is 6. The first-order valence-electron chi connectivity index (χ1n) is 14.0. The largest absolute Gasteiger partial charge is 0.465 e. The van der Waals surface area contributed by atoms with E-state index in [0.717, 1.165) is 36.8 Å². The molecule has 0 radical (unpaired) electrons. The Morgan fingerprint density at radius 2 is 1.61 bits per heavy atom. The van der Waals surface area contributed by atoms with Gasteiger partial charge in [0.25, 0.3) is 0 Å². The lowest BCUT2D eigenvalue weighted by molar-refractivity contribution is -0.157. The number of rotatable bonds is 11. The highest BCUT2D eigenvalue weighted by Gasteiger charge is 2.49. The third kappa shape index (κ3) is 7.01. The summed E-state index contributed by atoms with van der Waals surface area (Å²) in [4.78, 5) is 41.7. The first kappa shape index (κ1) is 27.8. The lowest BCUT2D eigenvalue weighted by Gasteiger charge is -2.35. The number of nitrogens with one attached hydrogen (secondary N) is 1. The predicted molar refractivity (Wildman–Crippen MR) is 145 cm³/mol. The third-order valence-corrected chi connectivity index (χ3v) is 7.80. The zero-order chi connectivity index (χ0) is 26.9. The monoisotopic (exact) mass is 520 g/mol. The Hall–Kier alpha value is -3.19. The molecule has 1 saturated heterocycles. The van der Waals surface area contributed by atoms with Crippen molar-refractivity contribution >= 4 is 17.8 Å². The van der Waals surface area contributed by atoms with E-state index in [1.54, 1.807) is 18.7 Å². The number of aryl methyl sites for hydroxylation is 1. The number of nitrogens with zero attached hydrogens (tertiary/aromatic N) is 1. The maximum Gasteiger partial charge on any atom is 0.329 e. The van der Waals surface area contributed by atoms with E-state index >= 15 is 0 Å². The van der Waals surface area contributed by atoms with Crippen molar-refractivity contribution in [3.8, 4) is 0 Å². The molecule has 5 atom stereocenters. The van der Waals surface area contributed by atoms with E-state index in [1.165, 1.54) is 0 Å². The number of benzene rings is 2. The summed E-state index contributed by atoms with van der Waals surface area (Å²) in [6.07, 6.45) is 5.89. The first-order valence-corrected chi connectivity index (χ1v) is 14.0. The minimum atomic E-state index is -0.648. The van der Waals surface area contributed by atoms with Gasteiger partial charge in [-0.15, -0.1) is 0 Å². The first-order chi connectivity index (χ1) is 18.5. The van der Waals surface area contributed by atoms with Crippen LogP contribution in [0.15, 0.2) is 60.7 Å². The molecule has 0 unspecified atom stereocenters. The lowest BCUT2D eigenvalue weighted by Crippen LogP contribution is -2.56. The molecule has 38 heavy (non-hydrogen) atoms. The topological polar surface area (TPSA) is 84.9 Å². The van der Waals surface area contributed by atoms with Crippen LogP contribution in [0.4, 0.5) is 0 Å². The van der Waals surface area contributed by atoms with Gasteiger partial charge in [0, 0.05) is 6.04 Å². The van der Waals surface area contributed by atoms with Crippen LogP contribution < -0.4 is 5.32 Å². The SMILES string of the molecule is CCOC(=O)[C@H](CCc1ccccc1)N[C@@H](C)C(=O)N1[C@@H]2CCCC[C@H]2C[C@H]1C(=O)OCc1ccccc1. The molecule has 1 saturated carbocycles. The van der Waals surface area contributed by atoms with Crippen LogP contribution in [0.5, 0.6) is 0 Å². The molecule has 1 N–H and O–H groups in total. The van der Waals surface area contributed by atoms with Crippen molar-refractivity contribution in [3.63, 3.8) is 0 Å². The van der Waals surface area contributed by atoms with Gasteiger partial charge in [0.15, 0.2) is 0 Å². The molecule has 1 aliphatic carbocycles. The van der Waals surface area contributed by atoms with Gasteiger partial charge in [0.05, 0.1) is 12.6 Å². The predicted octanol–water partition coefficient (Wildman–Crippen LogP) is 4.43. The molecule has 1 heterocycles. The Kier molecular flexibility index (Phi) is 9.93. The zero-order valence-electron chi connectivity index (χ0n) is 22.5. The van der Waals surface area contributed by atoms with Gasteiger partial charge in [0.2, 0.25) is 5.91 Å². The van der Waals surface area contributed by atoms with E-state index in [4.69, 9.17) is 9.47 Å². The van der Waals surface area contributed by atoms with E-state index in [2.05, 4.69) is 5.32 Å². The van der Waals surface area contributed by atoms with Crippen molar-refractivity contribution in [2.24, 2.45) is 5.92 Å². The molecule has 204 valence electrons. The van der Waals surface area contributed by atoms with Crippen molar-refractivity contribution in [2.75, 3.05) is 6.61 Å². The highest BCUT2D eigenvalue weighted by Crippen LogP contribution is 2.40. The fourth-order valence-electron chi connectivity index (χ4n) is 5.88. The summed E-state index contributed by atoms with van der Waals surface area (Å²) in [5, 5.41) is 3.24. The van der Waals surface area contributed by atoms with Crippen molar-refractivity contribution in [1.82, 2.24) is 10.2 Å². The minimum absolute atomic E-state index is 0.0279. The number of hydrogen-bond donors (Lipinski definition) is 1. The normalized spacial score (nSPS) is 22.3. The van der Waals surface area contributed by atoms with Crippen LogP contribution in [0.1, 0.15) is 63.5 Å². The number of amides is 1. The zero-order valence-corrected chi connectivity index (χ0v) is 22.5. The van der Waals surface area contributed by atoms with E-state index in [-0.39, 0.29) is 37.1 Å². The molecule has 0 bridgehead atoms. The third-order valence-electron chi connectivity index (χ3n) is 7.80. The summed E-state index contributed by atoms with van der Waals surface area (Å²) in [5.74, 6) is -0.572. The van der Waals surface area contributed by atoms with Crippen LogP contribution in [0.2, 0.25) is 0 Å². The Bertz CT molecular complexity index is 1060. The number of carbonyl (C=O) groups excluding carboxylic acids is 3. The molecule has 1 aliphatic heterocycles. The lowest BCUT2D eigenvalue weighted by atomic mass is 9.84. The minimum Gasteiger partial charge on any atom is -0.465 e. The Labute approximate surface area is 225 Å². The van der Waals surface area contributed by atoms with Gasteiger partial charge in [0.1, 0.15) is 18.7 Å². The molecule has 2 aromatic carbocycles. The number of carbonyl (C=O) groups is 3. The Morgan fingerprint density at radius 3 is 2.29 bits per heavy atom. The van der Waals surface area contributed by atoms with Crippen LogP contribution in [-0.2, 0) is 36.9 Å². The molecule has 1 amide bonds. The molecule has 2 fully saturated rings. The molecule has 7 heteroatoms. The smallest absolute Gasteiger partial charge is 0.329 e. The number of fused-ring (bicyclic) bond motifs is 1. The molecular weight excluding hydrogens is 480 g/mol. The van der Waals surface area contributed by atoms with Crippen molar-refractivity contribution in [2.45, 2.75) is 89.6 Å². The van der Waals surface area contributed by atoms with Gasteiger partial charge in [-0.05, 0) is 63.0 Å². The van der Waals surface area contributed by atoms with Gasteiger partial charge < -0.3 is 14.4 Å². The Balaban J connectivity index is 1.45. The average Bonchev–Trinajstić information content (AvgIpc) is 3.34. The van der Waals surface area contributed by atoms with Crippen LogP contribution in [-0.4, -0.2) is 53.5 Å². The van der Waals surface area contributed by atoms with Crippen molar-refractivity contribution < 1.29 is 23.9 Å². The summed E-state index contributed by atoms with van der Waals surface area (Å²) >= 11 is 0. The number of esters is 2. The molecular formula is C31H40N2O5. The molecule has 2 aromatic rings. The second-order valence-electron chi connectivity index (χ2n) is 10.4. The van der Waals surface area contributed by atoms with Crippen molar-refractivity contribution in [3.05, 3.63) is 71.8 Å². The standard InChI is InChI=1S/C31H40N2O5/c1-3-37-30(35)26(19-18-23-12-6-4-7-13-23)32-22(2)29(34)33-27-17-11-10-16-25(27)20-28(33)31(36)38-21-24-14-8-5-9-15-24/h4-9,12-15,22,25-28,32H,3,10-11,16-21H2,1-2H3/t22-,25-,26-,27+,28-/m0/s1. The second-order valence-corrected chi connectivity index (χ2v) is 10.4. The van der Waals surface area contributed by atoms with Crippen LogP contribution in [0.25, 0.3) is 0 Å². The summed E-state index contributed by atoms with van der Waals surface area (Å²) in [5.41, 5.74) is 2.04. The van der Waals surface area contributed by atoms with E-state index < -0.39 is 18.1 Å². The fourth-order valence-corrected chi connectivity index (χ4v) is 5.88. The van der Waals surface area contributed by atoms with E-state index in [1.807, 2.05) is 60.7 Å². The summed E-state index contributed by atoms with van der Waals surface area (Å²) < 4.78 is 11.0. The highest BCUT2D eigenvalue weighted by atomic mass is 16.5. The molecule has 2 aliphatic rings. The average molecular weight is 521 g/mol. The van der Waals surface area contributed by atoms with E-state index in [9.17, 15) is 14.4 Å². The maximum atomic E-state index is 13.9. The Morgan fingerprint density at radius 1 is 0.947 bits per heavy atom. The molecule has 4 rings (SSSR count). The van der Waals surface area contributed by atoms with Crippen LogP contribution in [0.3, 0.4) is 0 Å². The van der Waals surface area contributed by atoms with Gasteiger partial charge in [-0.1, -0.05) is 73.5 Å². The molecule has 0 aromatic heterocycles.